The fourth-order valence-electron chi connectivity index (χ4n) is 0.860. The van der Waals surface area contributed by atoms with Crippen LogP contribution in [0.1, 0.15) is 0 Å². The SMILES string of the molecule is Nc1ccc(S(=O)CC(F)F)cc1Cl. The van der Waals surface area contributed by atoms with Crippen LogP contribution in [0.15, 0.2) is 23.1 Å². The van der Waals surface area contributed by atoms with Crippen molar-refractivity contribution in [2.24, 2.45) is 0 Å². The Bertz CT molecular complexity index is 359. The van der Waals surface area contributed by atoms with Gasteiger partial charge in [0.05, 0.1) is 27.3 Å². The van der Waals surface area contributed by atoms with Gasteiger partial charge in [0.15, 0.2) is 0 Å². The minimum absolute atomic E-state index is 0.227. The Labute approximate surface area is 87.5 Å². The van der Waals surface area contributed by atoms with Gasteiger partial charge >= 0.3 is 0 Å². The van der Waals surface area contributed by atoms with Crippen LogP contribution in [0.5, 0.6) is 0 Å². The zero-order valence-corrected chi connectivity index (χ0v) is 8.62. The Morgan fingerprint density at radius 3 is 2.64 bits per heavy atom. The Kier molecular flexibility index (Phi) is 3.83. The fraction of sp³-hybridized carbons (Fsp3) is 0.250. The van der Waals surface area contributed by atoms with E-state index in [1.807, 2.05) is 0 Å². The molecule has 0 aliphatic heterocycles. The third kappa shape index (κ3) is 2.92. The molecule has 0 aliphatic carbocycles. The Morgan fingerprint density at radius 2 is 2.14 bits per heavy atom. The van der Waals surface area contributed by atoms with Gasteiger partial charge in [-0.1, -0.05) is 11.6 Å². The van der Waals surface area contributed by atoms with Crippen LogP contribution >= 0.6 is 11.6 Å². The third-order valence-electron chi connectivity index (χ3n) is 1.51. The summed E-state index contributed by atoms with van der Waals surface area (Å²) in [6, 6.07) is 4.22. The highest BCUT2D eigenvalue weighted by Gasteiger charge is 2.12. The monoisotopic (exact) mass is 239 g/mol. The van der Waals surface area contributed by atoms with E-state index in [9.17, 15) is 13.0 Å². The van der Waals surface area contributed by atoms with Crippen LogP contribution in [0.25, 0.3) is 0 Å². The molecule has 1 atom stereocenters. The Morgan fingerprint density at radius 1 is 1.50 bits per heavy atom. The highest BCUT2D eigenvalue weighted by molar-refractivity contribution is 7.85. The Hall–Kier alpha value is -0.680. The van der Waals surface area contributed by atoms with Crippen LogP contribution in [0, 0.1) is 0 Å². The minimum atomic E-state index is -2.59. The zero-order chi connectivity index (χ0) is 10.7. The largest absolute Gasteiger partial charge is 0.398 e. The van der Waals surface area contributed by atoms with Crippen molar-refractivity contribution in [1.29, 1.82) is 0 Å². The molecule has 0 saturated heterocycles. The normalized spacial score (nSPS) is 13.1. The van der Waals surface area contributed by atoms with E-state index in [0.29, 0.717) is 5.69 Å². The van der Waals surface area contributed by atoms with Crippen molar-refractivity contribution in [2.75, 3.05) is 11.5 Å². The van der Waals surface area contributed by atoms with Crippen LogP contribution in [-0.4, -0.2) is 16.4 Å². The van der Waals surface area contributed by atoms with E-state index in [1.54, 1.807) is 0 Å². The molecular formula is C8H8ClF2NOS. The number of halogens is 3. The van der Waals surface area contributed by atoms with Gasteiger partial charge in [0.2, 0.25) is 6.43 Å². The third-order valence-corrected chi connectivity index (χ3v) is 3.17. The summed E-state index contributed by atoms with van der Waals surface area (Å²) in [5.41, 5.74) is 5.75. The van der Waals surface area contributed by atoms with Crippen molar-refractivity contribution < 1.29 is 13.0 Å². The highest BCUT2D eigenvalue weighted by atomic mass is 35.5. The number of hydrogen-bond acceptors (Lipinski definition) is 2. The summed E-state index contributed by atoms with van der Waals surface area (Å²) in [6.45, 7) is 0. The first-order valence-electron chi connectivity index (χ1n) is 3.72. The standard InChI is InChI=1S/C8H8ClF2NOS/c9-6-3-5(1-2-7(6)12)14(13)4-8(10)11/h1-3,8H,4,12H2. The molecule has 14 heavy (non-hydrogen) atoms. The van der Waals surface area contributed by atoms with E-state index in [2.05, 4.69) is 0 Å². The molecule has 6 heteroatoms. The smallest absolute Gasteiger partial charge is 0.250 e. The second kappa shape index (κ2) is 4.70. The van der Waals surface area contributed by atoms with Crippen molar-refractivity contribution >= 4 is 28.1 Å². The van der Waals surface area contributed by atoms with Crippen molar-refractivity contribution in [3.05, 3.63) is 23.2 Å². The van der Waals surface area contributed by atoms with E-state index in [1.165, 1.54) is 18.2 Å². The van der Waals surface area contributed by atoms with Gasteiger partial charge in [-0.25, -0.2) is 8.78 Å². The van der Waals surface area contributed by atoms with E-state index in [0.717, 1.165) is 0 Å². The molecular weight excluding hydrogens is 232 g/mol. The maximum atomic E-state index is 11.9. The van der Waals surface area contributed by atoms with Crippen molar-refractivity contribution in [3.63, 3.8) is 0 Å². The van der Waals surface area contributed by atoms with Crippen LogP contribution in [0.4, 0.5) is 14.5 Å². The van der Waals surface area contributed by atoms with Crippen molar-refractivity contribution in [1.82, 2.24) is 0 Å². The quantitative estimate of drug-likeness (QED) is 0.823. The summed E-state index contributed by atoms with van der Waals surface area (Å²) in [4.78, 5) is 0.268. The molecule has 0 bridgehead atoms. The van der Waals surface area contributed by atoms with Gasteiger partial charge in [-0.3, -0.25) is 4.21 Å². The number of alkyl halides is 2. The first kappa shape index (κ1) is 11.4. The molecule has 1 aromatic rings. The molecule has 1 rings (SSSR count). The van der Waals surface area contributed by atoms with E-state index in [-0.39, 0.29) is 9.92 Å². The Balaban J connectivity index is 2.86. The molecule has 2 nitrogen and oxygen atoms in total. The summed E-state index contributed by atoms with van der Waals surface area (Å²) in [5, 5.41) is 0.227. The lowest BCUT2D eigenvalue weighted by molar-refractivity contribution is 0.175. The number of nitrogen functional groups attached to an aromatic ring is 1. The summed E-state index contributed by atoms with van der Waals surface area (Å²) in [5.74, 6) is -0.680. The molecule has 0 saturated carbocycles. The zero-order valence-electron chi connectivity index (χ0n) is 7.04. The maximum Gasteiger partial charge on any atom is 0.250 e. The fourth-order valence-corrected chi connectivity index (χ4v) is 2.00. The summed E-state index contributed by atoms with van der Waals surface area (Å²) >= 11 is 5.65. The number of benzene rings is 1. The van der Waals surface area contributed by atoms with Crippen molar-refractivity contribution in [2.45, 2.75) is 11.3 Å². The van der Waals surface area contributed by atoms with Gasteiger partial charge in [-0.2, -0.15) is 0 Å². The predicted molar refractivity (Wildman–Crippen MR) is 53.1 cm³/mol. The summed E-state index contributed by atoms with van der Waals surface area (Å²) in [7, 11) is -1.72. The molecule has 0 aromatic heterocycles. The lowest BCUT2D eigenvalue weighted by Gasteiger charge is -2.03. The van der Waals surface area contributed by atoms with Gasteiger partial charge < -0.3 is 5.73 Å². The van der Waals surface area contributed by atoms with E-state index >= 15 is 0 Å². The molecule has 78 valence electrons. The molecule has 0 fully saturated rings. The van der Waals surface area contributed by atoms with E-state index < -0.39 is 23.0 Å². The average molecular weight is 240 g/mol. The highest BCUT2D eigenvalue weighted by Crippen LogP contribution is 2.22. The second-order valence-electron chi connectivity index (χ2n) is 2.59. The van der Waals surface area contributed by atoms with Crippen LogP contribution < -0.4 is 5.73 Å². The average Bonchev–Trinajstić information content (AvgIpc) is 2.08. The molecule has 0 heterocycles. The van der Waals surface area contributed by atoms with Crippen molar-refractivity contribution in [3.8, 4) is 0 Å². The maximum absolute atomic E-state index is 11.9. The number of anilines is 1. The van der Waals surface area contributed by atoms with Crippen LogP contribution in [-0.2, 0) is 10.8 Å². The first-order valence-corrected chi connectivity index (χ1v) is 5.42. The minimum Gasteiger partial charge on any atom is -0.398 e. The second-order valence-corrected chi connectivity index (χ2v) is 4.49. The molecule has 0 radical (unpaired) electrons. The van der Waals surface area contributed by atoms with E-state index in [4.69, 9.17) is 17.3 Å². The summed E-state index contributed by atoms with van der Waals surface area (Å²) < 4.78 is 35.1. The lowest BCUT2D eigenvalue weighted by atomic mass is 10.3. The van der Waals surface area contributed by atoms with Gasteiger partial charge in [-0.05, 0) is 18.2 Å². The molecule has 0 amide bonds. The first-order chi connectivity index (χ1) is 6.50. The van der Waals surface area contributed by atoms with Gasteiger partial charge in [0, 0.05) is 4.90 Å². The predicted octanol–water partition coefficient (Wildman–Crippen LogP) is 2.29. The van der Waals surface area contributed by atoms with Gasteiger partial charge in [0.1, 0.15) is 0 Å². The number of hydrogen-bond donors (Lipinski definition) is 1. The van der Waals surface area contributed by atoms with Crippen LogP contribution in [0.2, 0.25) is 5.02 Å². The number of rotatable bonds is 3. The van der Waals surface area contributed by atoms with Gasteiger partial charge in [0.25, 0.3) is 0 Å². The number of nitrogens with two attached hydrogens (primary N) is 1. The molecule has 2 N–H and O–H groups in total. The van der Waals surface area contributed by atoms with Gasteiger partial charge in [-0.15, -0.1) is 0 Å². The lowest BCUT2D eigenvalue weighted by Crippen LogP contribution is -2.07. The summed E-state index contributed by atoms with van der Waals surface area (Å²) in [6.07, 6.45) is -2.59. The van der Waals surface area contributed by atoms with Crippen LogP contribution in [0.3, 0.4) is 0 Å². The molecule has 0 aliphatic rings. The molecule has 0 spiro atoms. The molecule has 1 unspecified atom stereocenters. The molecule has 1 aromatic carbocycles. The topological polar surface area (TPSA) is 43.1 Å².